The van der Waals surface area contributed by atoms with Gasteiger partial charge in [0, 0.05) is 48.1 Å². The van der Waals surface area contributed by atoms with E-state index in [0.717, 1.165) is 11.3 Å². The summed E-state index contributed by atoms with van der Waals surface area (Å²) in [6, 6.07) is 20.6. The molecule has 6 nitrogen and oxygen atoms in total. The molecule has 0 saturated carbocycles. The molecule has 1 N–H and O–H groups in total. The monoisotopic (exact) mass is 469 g/mol. The molecule has 0 spiro atoms. The van der Waals surface area contributed by atoms with Crippen LogP contribution in [-0.2, 0) is 10.0 Å². The van der Waals surface area contributed by atoms with Crippen LogP contribution >= 0.6 is 11.6 Å². The van der Waals surface area contributed by atoms with Gasteiger partial charge >= 0.3 is 0 Å². The van der Waals surface area contributed by atoms with Gasteiger partial charge in [-0.05, 0) is 61.0 Å². The number of hydrogen-bond donors (Lipinski definition) is 1. The lowest BCUT2D eigenvalue weighted by Crippen LogP contribution is -2.49. The van der Waals surface area contributed by atoms with Crippen LogP contribution in [0.15, 0.2) is 77.7 Å². The van der Waals surface area contributed by atoms with Gasteiger partial charge in [0.15, 0.2) is 0 Å². The Morgan fingerprint density at radius 3 is 2.22 bits per heavy atom. The Labute approximate surface area is 193 Å². The van der Waals surface area contributed by atoms with Crippen LogP contribution in [-0.4, -0.2) is 45.4 Å². The first kappa shape index (κ1) is 22.2. The maximum absolute atomic E-state index is 12.9. The van der Waals surface area contributed by atoms with Gasteiger partial charge in [-0.15, -0.1) is 0 Å². The third-order valence-corrected chi connectivity index (χ3v) is 7.15. The van der Waals surface area contributed by atoms with E-state index in [-0.39, 0.29) is 10.8 Å². The fraction of sp³-hybridized carbons (Fsp3) is 0.208. The maximum Gasteiger partial charge on any atom is 0.261 e. The Kier molecular flexibility index (Phi) is 6.39. The number of anilines is 2. The topological polar surface area (TPSA) is 69.7 Å². The highest BCUT2D eigenvalue weighted by atomic mass is 35.5. The van der Waals surface area contributed by atoms with Gasteiger partial charge in [-0.25, -0.2) is 8.42 Å². The molecule has 0 unspecified atom stereocenters. The fourth-order valence-corrected chi connectivity index (χ4v) is 4.98. The van der Waals surface area contributed by atoms with Crippen molar-refractivity contribution < 1.29 is 13.2 Å². The molecule has 166 valence electrons. The van der Waals surface area contributed by atoms with Crippen LogP contribution in [0.1, 0.15) is 15.9 Å². The van der Waals surface area contributed by atoms with Crippen molar-refractivity contribution >= 4 is 38.9 Å². The van der Waals surface area contributed by atoms with Gasteiger partial charge < -0.3 is 9.80 Å². The predicted molar refractivity (Wildman–Crippen MR) is 128 cm³/mol. The summed E-state index contributed by atoms with van der Waals surface area (Å²) in [7, 11) is -3.72. The Morgan fingerprint density at radius 2 is 1.56 bits per heavy atom. The summed E-state index contributed by atoms with van der Waals surface area (Å²) in [4.78, 5) is 17.1. The molecule has 4 rings (SSSR count). The number of hydrogen-bond acceptors (Lipinski definition) is 4. The number of para-hydroxylation sites is 1. The molecule has 0 aliphatic carbocycles. The largest absolute Gasteiger partial charge is 0.368 e. The highest BCUT2D eigenvalue weighted by Crippen LogP contribution is 2.26. The molecule has 8 heteroatoms. The van der Waals surface area contributed by atoms with Crippen LogP contribution in [0.2, 0.25) is 5.02 Å². The molecule has 1 fully saturated rings. The third kappa shape index (κ3) is 4.89. The van der Waals surface area contributed by atoms with Crippen LogP contribution in [0.5, 0.6) is 0 Å². The summed E-state index contributed by atoms with van der Waals surface area (Å²) in [5.41, 5.74) is 3.19. The number of rotatable bonds is 5. The molecule has 32 heavy (non-hydrogen) atoms. The summed E-state index contributed by atoms with van der Waals surface area (Å²) >= 11 is 6.15. The molecule has 1 aliphatic heterocycles. The van der Waals surface area contributed by atoms with Gasteiger partial charge in [-0.2, -0.15) is 0 Å². The highest BCUT2D eigenvalue weighted by Gasteiger charge is 2.24. The first-order chi connectivity index (χ1) is 15.3. The van der Waals surface area contributed by atoms with Crippen molar-refractivity contribution in [2.24, 2.45) is 0 Å². The number of halogens is 1. The normalized spacial score (nSPS) is 14.3. The van der Waals surface area contributed by atoms with Gasteiger partial charge in [-0.3, -0.25) is 9.52 Å². The van der Waals surface area contributed by atoms with Crippen LogP contribution in [0, 0.1) is 6.92 Å². The zero-order chi connectivity index (χ0) is 22.7. The molecule has 1 heterocycles. The van der Waals surface area contributed by atoms with E-state index in [9.17, 15) is 13.2 Å². The Morgan fingerprint density at radius 1 is 0.906 bits per heavy atom. The van der Waals surface area contributed by atoms with Gasteiger partial charge in [-0.1, -0.05) is 35.9 Å². The standard InChI is InChI=1S/C24H24ClN3O3S/c1-18-7-10-20(25)17-23(18)27-13-15-28(16-14-27)24(29)19-8-11-22(12-9-19)32(30,31)26-21-5-3-2-4-6-21/h2-12,17,26H,13-16H2,1H3. The lowest BCUT2D eigenvalue weighted by Gasteiger charge is -2.37. The molecular weight excluding hydrogens is 446 g/mol. The second-order valence-electron chi connectivity index (χ2n) is 7.71. The zero-order valence-corrected chi connectivity index (χ0v) is 19.2. The summed E-state index contributed by atoms with van der Waals surface area (Å²) in [5.74, 6) is -0.104. The van der Waals surface area contributed by atoms with E-state index >= 15 is 0 Å². The zero-order valence-electron chi connectivity index (χ0n) is 17.7. The van der Waals surface area contributed by atoms with Crippen molar-refractivity contribution in [1.82, 2.24) is 4.90 Å². The highest BCUT2D eigenvalue weighted by molar-refractivity contribution is 7.92. The van der Waals surface area contributed by atoms with E-state index < -0.39 is 10.0 Å². The lowest BCUT2D eigenvalue weighted by molar-refractivity contribution is 0.0746. The second kappa shape index (κ2) is 9.22. The second-order valence-corrected chi connectivity index (χ2v) is 9.82. The summed E-state index contributed by atoms with van der Waals surface area (Å²) in [5, 5.41) is 0.695. The van der Waals surface area contributed by atoms with Crippen molar-refractivity contribution in [2.45, 2.75) is 11.8 Å². The minimum absolute atomic E-state index is 0.104. The van der Waals surface area contributed by atoms with E-state index in [1.54, 1.807) is 41.3 Å². The Balaban J connectivity index is 1.41. The molecule has 0 bridgehead atoms. The molecule has 1 saturated heterocycles. The maximum atomic E-state index is 12.9. The predicted octanol–water partition coefficient (Wildman–Crippen LogP) is 4.41. The van der Waals surface area contributed by atoms with E-state index in [1.165, 1.54) is 12.1 Å². The number of amides is 1. The molecule has 0 atom stereocenters. The summed E-state index contributed by atoms with van der Waals surface area (Å²) < 4.78 is 27.7. The molecule has 1 aliphatic rings. The van der Waals surface area contributed by atoms with Crippen LogP contribution in [0.25, 0.3) is 0 Å². The first-order valence-corrected chi connectivity index (χ1v) is 12.2. The Hall–Kier alpha value is -3.03. The van der Waals surface area contributed by atoms with E-state index in [2.05, 4.69) is 9.62 Å². The average molecular weight is 470 g/mol. The van der Waals surface area contributed by atoms with Gasteiger partial charge in [0.1, 0.15) is 0 Å². The molecule has 3 aromatic carbocycles. The van der Waals surface area contributed by atoms with Crippen molar-refractivity contribution in [3.63, 3.8) is 0 Å². The fourth-order valence-electron chi connectivity index (χ4n) is 3.75. The lowest BCUT2D eigenvalue weighted by atomic mass is 10.1. The van der Waals surface area contributed by atoms with Gasteiger partial charge in [0.05, 0.1) is 4.90 Å². The van der Waals surface area contributed by atoms with Crippen molar-refractivity contribution in [3.05, 3.63) is 88.9 Å². The number of nitrogens with one attached hydrogen (secondary N) is 1. The summed E-state index contributed by atoms with van der Waals surface area (Å²) in [6.45, 7) is 4.63. The average Bonchev–Trinajstić information content (AvgIpc) is 2.81. The Bertz CT molecular complexity index is 1210. The van der Waals surface area contributed by atoms with Crippen LogP contribution < -0.4 is 9.62 Å². The molecule has 1 amide bonds. The first-order valence-electron chi connectivity index (χ1n) is 10.3. The molecule has 3 aromatic rings. The van der Waals surface area contributed by atoms with E-state index in [0.29, 0.717) is 42.5 Å². The van der Waals surface area contributed by atoms with E-state index in [4.69, 9.17) is 11.6 Å². The quantitative estimate of drug-likeness (QED) is 0.600. The minimum Gasteiger partial charge on any atom is -0.368 e. The SMILES string of the molecule is Cc1ccc(Cl)cc1N1CCN(C(=O)c2ccc(S(=O)(=O)Nc3ccccc3)cc2)CC1. The van der Waals surface area contributed by atoms with E-state index in [1.807, 2.05) is 31.2 Å². The third-order valence-electron chi connectivity index (χ3n) is 5.52. The number of aryl methyl sites for hydroxylation is 1. The number of piperazine rings is 1. The van der Waals surface area contributed by atoms with Gasteiger partial charge in [0.2, 0.25) is 0 Å². The summed E-state index contributed by atoms with van der Waals surface area (Å²) in [6.07, 6.45) is 0. The smallest absolute Gasteiger partial charge is 0.261 e. The molecule has 0 aromatic heterocycles. The van der Waals surface area contributed by atoms with Crippen LogP contribution in [0.3, 0.4) is 0 Å². The van der Waals surface area contributed by atoms with Crippen molar-refractivity contribution in [3.8, 4) is 0 Å². The van der Waals surface area contributed by atoms with Crippen molar-refractivity contribution in [1.29, 1.82) is 0 Å². The number of carbonyl (C=O) groups excluding carboxylic acids is 1. The number of nitrogens with zero attached hydrogens (tertiary/aromatic N) is 2. The molecular formula is C24H24ClN3O3S. The van der Waals surface area contributed by atoms with Crippen LogP contribution in [0.4, 0.5) is 11.4 Å². The molecule has 0 radical (unpaired) electrons. The minimum atomic E-state index is -3.72. The number of benzene rings is 3. The number of carbonyl (C=O) groups is 1. The van der Waals surface area contributed by atoms with Gasteiger partial charge in [0.25, 0.3) is 15.9 Å². The number of sulfonamides is 1. The van der Waals surface area contributed by atoms with Crippen molar-refractivity contribution in [2.75, 3.05) is 35.8 Å².